The second-order valence-corrected chi connectivity index (χ2v) is 5.15. The second-order valence-electron chi connectivity index (χ2n) is 4.29. The van der Waals surface area contributed by atoms with Gasteiger partial charge in [0, 0.05) is 10.5 Å². The van der Waals surface area contributed by atoms with Crippen LogP contribution in [0.15, 0.2) is 28.7 Å². The lowest BCUT2D eigenvalue weighted by atomic mass is 10.0. The Bertz CT molecular complexity index is 320. The number of benzene rings is 1. The van der Waals surface area contributed by atoms with Crippen LogP contribution in [0, 0.1) is 5.92 Å². The van der Waals surface area contributed by atoms with Crippen molar-refractivity contribution in [1.82, 2.24) is 5.32 Å². The molecule has 0 radical (unpaired) electrons. The van der Waals surface area contributed by atoms with E-state index in [4.69, 9.17) is 0 Å². The lowest BCUT2D eigenvalue weighted by Crippen LogP contribution is -2.24. The van der Waals surface area contributed by atoms with Crippen LogP contribution < -0.4 is 5.32 Å². The van der Waals surface area contributed by atoms with Crippen LogP contribution in [-0.2, 0) is 0 Å². The summed E-state index contributed by atoms with van der Waals surface area (Å²) in [6, 6.07) is 9.13. The van der Waals surface area contributed by atoms with Crippen molar-refractivity contribution in [2.45, 2.75) is 32.2 Å². The third kappa shape index (κ3) is 2.82. The van der Waals surface area contributed by atoms with Crippen molar-refractivity contribution in [2.75, 3.05) is 6.54 Å². The summed E-state index contributed by atoms with van der Waals surface area (Å²) in [5, 5.41) is 3.66. The molecule has 1 aliphatic rings. The number of halogens is 1. The lowest BCUT2D eigenvalue weighted by Gasteiger charge is -2.19. The maximum Gasteiger partial charge on any atom is 0.0359 e. The van der Waals surface area contributed by atoms with Crippen molar-refractivity contribution in [3.05, 3.63) is 34.3 Å². The lowest BCUT2D eigenvalue weighted by molar-refractivity contribution is 0.479. The molecular weight excluding hydrogens is 250 g/mol. The molecule has 1 N–H and O–H groups in total. The molecule has 0 aliphatic heterocycles. The van der Waals surface area contributed by atoms with Crippen LogP contribution >= 0.6 is 15.9 Å². The summed E-state index contributed by atoms with van der Waals surface area (Å²) < 4.78 is 1.24. The van der Waals surface area contributed by atoms with Gasteiger partial charge in [-0.3, -0.25) is 0 Å². The van der Waals surface area contributed by atoms with Gasteiger partial charge in [0.1, 0.15) is 0 Å². The fraction of sp³-hybridized carbons (Fsp3) is 0.538. The molecule has 1 aromatic rings. The fourth-order valence-electron chi connectivity index (χ4n) is 1.99. The Labute approximate surface area is 100 Å². The molecule has 2 rings (SSSR count). The molecule has 1 atom stereocenters. The first-order valence-electron chi connectivity index (χ1n) is 5.80. The average molecular weight is 268 g/mol. The molecule has 0 aromatic heterocycles. The van der Waals surface area contributed by atoms with Gasteiger partial charge in [0.2, 0.25) is 0 Å². The normalized spacial score (nSPS) is 17.7. The van der Waals surface area contributed by atoms with Gasteiger partial charge < -0.3 is 5.32 Å². The predicted molar refractivity (Wildman–Crippen MR) is 67.9 cm³/mol. The van der Waals surface area contributed by atoms with E-state index in [0.717, 1.165) is 12.5 Å². The summed E-state index contributed by atoms with van der Waals surface area (Å²) in [7, 11) is 0. The standard InChI is InChI=1S/C13H18BrN/c1-2-9-15-13(10-7-8-10)11-5-3-4-6-12(11)14/h3-6,10,13,15H,2,7-9H2,1H3. The highest BCUT2D eigenvalue weighted by Crippen LogP contribution is 2.42. The topological polar surface area (TPSA) is 12.0 Å². The van der Waals surface area contributed by atoms with Gasteiger partial charge in [-0.1, -0.05) is 41.1 Å². The maximum absolute atomic E-state index is 3.66. The Morgan fingerprint density at radius 3 is 2.73 bits per heavy atom. The molecule has 2 heteroatoms. The minimum absolute atomic E-state index is 0.556. The number of rotatable bonds is 5. The maximum atomic E-state index is 3.66. The van der Waals surface area contributed by atoms with Crippen LogP contribution in [0.4, 0.5) is 0 Å². The molecule has 1 nitrogen and oxygen atoms in total. The average Bonchev–Trinajstić information content (AvgIpc) is 3.05. The smallest absolute Gasteiger partial charge is 0.0359 e. The van der Waals surface area contributed by atoms with Gasteiger partial charge >= 0.3 is 0 Å². The van der Waals surface area contributed by atoms with E-state index >= 15 is 0 Å². The van der Waals surface area contributed by atoms with Crippen molar-refractivity contribution in [3.8, 4) is 0 Å². The summed E-state index contributed by atoms with van der Waals surface area (Å²) >= 11 is 3.64. The van der Waals surface area contributed by atoms with E-state index in [1.165, 1.54) is 29.3 Å². The first-order chi connectivity index (χ1) is 7.33. The zero-order valence-corrected chi connectivity index (χ0v) is 10.8. The summed E-state index contributed by atoms with van der Waals surface area (Å²) in [5.41, 5.74) is 1.42. The van der Waals surface area contributed by atoms with E-state index in [2.05, 4.69) is 52.4 Å². The molecule has 0 saturated heterocycles. The third-order valence-electron chi connectivity index (χ3n) is 2.95. The van der Waals surface area contributed by atoms with E-state index < -0.39 is 0 Å². The molecule has 1 aliphatic carbocycles. The van der Waals surface area contributed by atoms with Crippen LogP contribution in [0.1, 0.15) is 37.8 Å². The van der Waals surface area contributed by atoms with Gasteiger partial charge in [-0.05, 0) is 43.4 Å². The second kappa shape index (κ2) is 5.13. The van der Waals surface area contributed by atoms with E-state index in [1.807, 2.05) is 0 Å². The van der Waals surface area contributed by atoms with Crippen LogP contribution in [0.3, 0.4) is 0 Å². The molecule has 1 fully saturated rings. The monoisotopic (exact) mass is 267 g/mol. The number of hydrogen-bond donors (Lipinski definition) is 1. The first kappa shape index (κ1) is 11.2. The van der Waals surface area contributed by atoms with E-state index in [0.29, 0.717) is 6.04 Å². The van der Waals surface area contributed by atoms with Crippen LogP contribution in [-0.4, -0.2) is 6.54 Å². The van der Waals surface area contributed by atoms with Gasteiger partial charge in [0.05, 0.1) is 0 Å². The largest absolute Gasteiger partial charge is 0.310 e. The Morgan fingerprint density at radius 1 is 1.40 bits per heavy atom. The van der Waals surface area contributed by atoms with Gasteiger partial charge in [0.25, 0.3) is 0 Å². The van der Waals surface area contributed by atoms with Crippen LogP contribution in [0.25, 0.3) is 0 Å². The van der Waals surface area contributed by atoms with E-state index in [9.17, 15) is 0 Å². The Hall–Kier alpha value is -0.340. The highest BCUT2D eigenvalue weighted by molar-refractivity contribution is 9.10. The molecule has 0 bridgehead atoms. The number of nitrogens with one attached hydrogen (secondary N) is 1. The zero-order chi connectivity index (χ0) is 10.7. The van der Waals surface area contributed by atoms with Crippen molar-refractivity contribution in [3.63, 3.8) is 0 Å². The van der Waals surface area contributed by atoms with E-state index in [-0.39, 0.29) is 0 Å². The number of hydrogen-bond acceptors (Lipinski definition) is 1. The van der Waals surface area contributed by atoms with E-state index in [1.54, 1.807) is 0 Å². The van der Waals surface area contributed by atoms with Crippen LogP contribution in [0.2, 0.25) is 0 Å². The Morgan fingerprint density at radius 2 is 2.13 bits per heavy atom. The molecule has 0 amide bonds. The molecule has 82 valence electrons. The Balaban J connectivity index is 2.13. The molecule has 1 saturated carbocycles. The van der Waals surface area contributed by atoms with Crippen molar-refractivity contribution < 1.29 is 0 Å². The zero-order valence-electron chi connectivity index (χ0n) is 9.17. The highest BCUT2D eigenvalue weighted by atomic mass is 79.9. The predicted octanol–water partition coefficient (Wildman–Crippen LogP) is 3.90. The first-order valence-corrected chi connectivity index (χ1v) is 6.60. The minimum Gasteiger partial charge on any atom is -0.310 e. The molecule has 1 aromatic carbocycles. The summed E-state index contributed by atoms with van der Waals surface area (Å²) in [6.45, 7) is 3.33. The highest BCUT2D eigenvalue weighted by Gasteiger charge is 2.32. The van der Waals surface area contributed by atoms with Gasteiger partial charge in [-0.2, -0.15) is 0 Å². The molecule has 1 unspecified atom stereocenters. The van der Waals surface area contributed by atoms with Gasteiger partial charge in [-0.25, -0.2) is 0 Å². The minimum atomic E-state index is 0.556. The molecule has 0 heterocycles. The molecule has 0 spiro atoms. The van der Waals surface area contributed by atoms with Crippen LogP contribution in [0.5, 0.6) is 0 Å². The SMILES string of the molecule is CCCNC(c1ccccc1Br)C1CC1. The summed E-state index contributed by atoms with van der Waals surface area (Å²) in [5.74, 6) is 0.857. The Kier molecular flexibility index (Phi) is 3.81. The fourth-order valence-corrected chi connectivity index (χ4v) is 2.52. The molecule has 15 heavy (non-hydrogen) atoms. The van der Waals surface area contributed by atoms with Gasteiger partial charge in [0.15, 0.2) is 0 Å². The third-order valence-corrected chi connectivity index (χ3v) is 3.67. The van der Waals surface area contributed by atoms with Crippen molar-refractivity contribution in [1.29, 1.82) is 0 Å². The van der Waals surface area contributed by atoms with Crippen molar-refractivity contribution >= 4 is 15.9 Å². The molecular formula is C13H18BrN. The quantitative estimate of drug-likeness (QED) is 0.854. The van der Waals surface area contributed by atoms with Crippen molar-refractivity contribution in [2.24, 2.45) is 5.92 Å². The summed E-state index contributed by atoms with van der Waals surface area (Å²) in [6.07, 6.45) is 3.96. The summed E-state index contributed by atoms with van der Waals surface area (Å²) in [4.78, 5) is 0. The van der Waals surface area contributed by atoms with Gasteiger partial charge in [-0.15, -0.1) is 0 Å².